The van der Waals surface area contributed by atoms with E-state index in [0.29, 0.717) is 24.3 Å². The molecule has 1 rings (SSSR count). The average Bonchev–Trinajstić information content (AvgIpc) is 2.47. The number of hydrogen-bond acceptors (Lipinski definition) is 4. The maximum absolute atomic E-state index is 11.2. The lowest BCUT2D eigenvalue weighted by Gasteiger charge is -2.13. The lowest BCUT2D eigenvalue weighted by molar-refractivity contribution is -0.120. The van der Waals surface area contributed by atoms with Crippen LogP contribution in [0.5, 0.6) is 11.5 Å². The lowest BCUT2D eigenvalue weighted by atomic mass is 9.95. The highest BCUT2D eigenvalue weighted by Gasteiger charge is 2.15. The molecule has 19 heavy (non-hydrogen) atoms. The number of nitrogens with zero attached hydrogens (tertiary/aromatic N) is 1. The molecule has 0 fully saturated rings. The topological polar surface area (TPSA) is 71.4 Å². The van der Waals surface area contributed by atoms with E-state index in [1.165, 1.54) is 0 Å². The van der Waals surface area contributed by atoms with Crippen LogP contribution in [-0.4, -0.2) is 27.2 Å². The number of carbonyl (C=O) groups is 1. The zero-order valence-corrected chi connectivity index (χ0v) is 11.4. The van der Waals surface area contributed by atoms with Crippen molar-refractivity contribution in [1.29, 1.82) is 5.26 Å². The number of carbonyl (C=O) groups excluding carboxylic acids is 1. The van der Waals surface area contributed by atoms with Crippen molar-refractivity contribution in [2.75, 3.05) is 21.3 Å². The summed E-state index contributed by atoms with van der Waals surface area (Å²) in [5.74, 6) is 0.798. The molecule has 1 aromatic rings. The second-order valence-corrected chi connectivity index (χ2v) is 4.01. The standard InChI is InChI=1S/C14H18N2O3/c1-16-14(17)7-5-11(9-15)10-4-6-12(18-2)13(8-10)19-3/h4,6,8,11H,5,7H2,1-3H3,(H,16,17). The average molecular weight is 262 g/mol. The number of methoxy groups -OCH3 is 2. The molecule has 102 valence electrons. The normalized spacial score (nSPS) is 11.3. The molecular formula is C14H18N2O3. The SMILES string of the molecule is CNC(=O)CCC(C#N)c1ccc(OC)c(OC)c1. The predicted molar refractivity (Wildman–Crippen MR) is 71.2 cm³/mol. The van der Waals surface area contributed by atoms with Crippen LogP contribution < -0.4 is 14.8 Å². The smallest absolute Gasteiger partial charge is 0.219 e. The minimum atomic E-state index is -0.336. The Hall–Kier alpha value is -2.22. The number of ether oxygens (including phenoxy) is 2. The van der Waals surface area contributed by atoms with Crippen molar-refractivity contribution in [1.82, 2.24) is 5.32 Å². The molecule has 0 spiro atoms. The first-order valence-corrected chi connectivity index (χ1v) is 5.98. The van der Waals surface area contributed by atoms with Gasteiger partial charge >= 0.3 is 0 Å². The summed E-state index contributed by atoms with van der Waals surface area (Å²) in [6.45, 7) is 0. The van der Waals surface area contributed by atoms with Gasteiger partial charge in [-0.1, -0.05) is 6.07 Å². The summed E-state index contributed by atoms with van der Waals surface area (Å²) < 4.78 is 10.4. The Bertz CT molecular complexity index is 480. The molecule has 1 amide bonds. The van der Waals surface area contributed by atoms with Crippen LogP contribution in [-0.2, 0) is 4.79 Å². The molecule has 0 radical (unpaired) electrons. The maximum atomic E-state index is 11.2. The van der Waals surface area contributed by atoms with Crippen LogP contribution in [0.25, 0.3) is 0 Å². The summed E-state index contributed by atoms with van der Waals surface area (Å²) in [5.41, 5.74) is 0.823. The monoisotopic (exact) mass is 262 g/mol. The van der Waals surface area contributed by atoms with Crippen LogP contribution in [0, 0.1) is 11.3 Å². The van der Waals surface area contributed by atoms with Crippen molar-refractivity contribution in [2.45, 2.75) is 18.8 Å². The third-order valence-electron chi connectivity index (χ3n) is 2.90. The van der Waals surface area contributed by atoms with E-state index >= 15 is 0 Å². The fourth-order valence-electron chi connectivity index (χ4n) is 1.78. The van der Waals surface area contributed by atoms with Gasteiger partial charge in [0.2, 0.25) is 5.91 Å². The molecule has 1 atom stereocenters. The van der Waals surface area contributed by atoms with Gasteiger partial charge in [-0.25, -0.2) is 0 Å². The van der Waals surface area contributed by atoms with Gasteiger partial charge in [-0.05, 0) is 24.1 Å². The number of benzene rings is 1. The summed E-state index contributed by atoms with van der Waals surface area (Å²) in [4.78, 5) is 11.2. The molecule has 0 aliphatic rings. The van der Waals surface area contributed by atoms with Crippen molar-refractivity contribution in [3.05, 3.63) is 23.8 Å². The molecule has 0 saturated heterocycles. The van der Waals surface area contributed by atoms with E-state index in [0.717, 1.165) is 5.56 Å². The van der Waals surface area contributed by atoms with E-state index in [-0.39, 0.29) is 11.8 Å². The van der Waals surface area contributed by atoms with E-state index in [4.69, 9.17) is 9.47 Å². The van der Waals surface area contributed by atoms with Crippen molar-refractivity contribution >= 4 is 5.91 Å². The van der Waals surface area contributed by atoms with Crippen LogP contribution in [0.3, 0.4) is 0 Å². The second kappa shape index (κ2) is 7.27. The Morgan fingerprint density at radius 1 is 1.37 bits per heavy atom. The number of rotatable bonds is 6. The van der Waals surface area contributed by atoms with Crippen LogP contribution in [0.15, 0.2) is 18.2 Å². The molecule has 0 aromatic heterocycles. The molecule has 0 aliphatic heterocycles. The first-order valence-electron chi connectivity index (χ1n) is 5.98. The lowest BCUT2D eigenvalue weighted by Crippen LogP contribution is -2.18. The van der Waals surface area contributed by atoms with Crippen molar-refractivity contribution < 1.29 is 14.3 Å². The zero-order chi connectivity index (χ0) is 14.3. The summed E-state index contributed by atoms with van der Waals surface area (Å²) in [6.07, 6.45) is 0.800. The number of hydrogen-bond donors (Lipinski definition) is 1. The maximum Gasteiger partial charge on any atom is 0.219 e. The molecular weight excluding hydrogens is 244 g/mol. The summed E-state index contributed by atoms with van der Waals surface area (Å²) in [5, 5.41) is 11.7. The van der Waals surface area contributed by atoms with Gasteiger partial charge in [0.15, 0.2) is 11.5 Å². The molecule has 1 N–H and O–H groups in total. The third-order valence-corrected chi connectivity index (χ3v) is 2.90. The fraction of sp³-hybridized carbons (Fsp3) is 0.429. The van der Waals surface area contributed by atoms with Crippen molar-refractivity contribution in [3.63, 3.8) is 0 Å². The Morgan fingerprint density at radius 3 is 2.58 bits per heavy atom. The van der Waals surface area contributed by atoms with Gasteiger partial charge in [0, 0.05) is 13.5 Å². The van der Waals surface area contributed by atoms with Crippen molar-refractivity contribution in [2.24, 2.45) is 0 Å². The molecule has 1 unspecified atom stereocenters. The van der Waals surface area contributed by atoms with Gasteiger partial charge in [0.05, 0.1) is 26.2 Å². The van der Waals surface area contributed by atoms with Crippen LogP contribution in [0.2, 0.25) is 0 Å². The molecule has 0 heterocycles. The van der Waals surface area contributed by atoms with Gasteiger partial charge < -0.3 is 14.8 Å². The first-order chi connectivity index (χ1) is 9.15. The quantitative estimate of drug-likeness (QED) is 0.849. The Kier molecular flexibility index (Phi) is 5.68. The molecule has 0 saturated carbocycles. The van der Waals surface area contributed by atoms with Crippen LogP contribution >= 0.6 is 0 Å². The van der Waals surface area contributed by atoms with Crippen molar-refractivity contribution in [3.8, 4) is 17.6 Å². The highest BCUT2D eigenvalue weighted by atomic mass is 16.5. The highest BCUT2D eigenvalue weighted by Crippen LogP contribution is 2.31. The van der Waals surface area contributed by atoms with Gasteiger partial charge in [-0.3, -0.25) is 4.79 Å². The van der Waals surface area contributed by atoms with Gasteiger partial charge in [-0.2, -0.15) is 5.26 Å². The molecule has 1 aromatic carbocycles. The van der Waals surface area contributed by atoms with Gasteiger partial charge in [-0.15, -0.1) is 0 Å². The Morgan fingerprint density at radius 2 is 2.05 bits per heavy atom. The fourth-order valence-corrected chi connectivity index (χ4v) is 1.78. The first kappa shape index (κ1) is 14.8. The van der Waals surface area contributed by atoms with Crippen LogP contribution in [0.4, 0.5) is 0 Å². The minimum absolute atomic E-state index is 0.0688. The number of nitrogens with one attached hydrogen (secondary N) is 1. The largest absolute Gasteiger partial charge is 0.493 e. The Balaban J connectivity index is 2.87. The Labute approximate surface area is 113 Å². The summed E-state index contributed by atoms with van der Waals surface area (Å²) >= 11 is 0. The zero-order valence-electron chi connectivity index (χ0n) is 11.4. The summed E-state index contributed by atoms with van der Waals surface area (Å²) in [7, 11) is 4.69. The minimum Gasteiger partial charge on any atom is -0.493 e. The highest BCUT2D eigenvalue weighted by molar-refractivity contribution is 5.75. The van der Waals surface area contributed by atoms with E-state index in [2.05, 4.69) is 11.4 Å². The van der Waals surface area contributed by atoms with Gasteiger partial charge in [0.25, 0.3) is 0 Å². The third kappa shape index (κ3) is 3.88. The van der Waals surface area contributed by atoms with Crippen LogP contribution in [0.1, 0.15) is 24.3 Å². The molecule has 5 nitrogen and oxygen atoms in total. The second-order valence-electron chi connectivity index (χ2n) is 4.01. The summed E-state index contributed by atoms with van der Waals surface area (Å²) in [6, 6.07) is 7.57. The predicted octanol–water partition coefficient (Wildman–Crippen LogP) is 1.84. The molecule has 0 aliphatic carbocycles. The van der Waals surface area contributed by atoms with E-state index in [9.17, 15) is 10.1 Å². The molecule has 0 bridgehead atoms. The molecule has 5 heteroatoms. The van der Waals surface area contributed by atoms with E-state index in [1.54, 1.807) is 33.4 Å². The van der Waals surface area contributed by atoms with Gasteiger partial charge in [0.1, 0.15) is 0 Å². The van der Waals surface area contributed by atoms with E-state index in [1.807, 2.05) is 6.07 Å². The number of nitriles is 1. The van der Waals surface area contributed by atoms with E-state index < -0.39 is 0 Å². The number of amides is 1.